The van der Waals surface area contributed by atoms with Crippen molar-refractivity contribution < 1.29 is 19.1 Å². The second-order valence-corrected chi connectivity index (χ2v) is 7.54. The SMILES string of the molecule is CC(C)NC(=O)O[C@@H]1CC[C@H](c2cc(Nc3ccnc4c3C(=O)NC4=O)n[nH]2)C1. The molecule has 29 heavy (non-hydrogen) atoms. The van der Waals surface area contributed by atoms with Gasteiger partial charge in [-0.05, 0) is 39.2 Å². The maximum Gasteiger partial charge on any atom is 0.407 e. The minimum Gasteiger partial charge on any atom is -0.446 e. The topological polar surface area (TPSA) is 138 Å². The lowest BCUT2D eigenvalue weighted by Gasteiger charge is -2.14. The maximum atomic E-state index is 12.0. The largest absolute Gasteiger partial charge is 0.446 e. The molecule has 0 saturated heterocycles. The van der Waals surface area contributed by atoms with Gasteiger partial charge in [0.25, 0.3) is 11.8 Å². The van der Waals surface area contributed by atoms with Gasteiger partial charge in [0, 0.05) is 29.9 Å². The van der Waals surface area contributed by atoms with Crippen LogP contribution >= 0.6 is 0 Å². The number of hydrogen-bond donors (Lipinski definition) is 4. The van der Waals surface area contributed by atoms with Crippen molar-refractivity contribution in [2.45, 2.75) is 51.2 Å². The number of pyridine rings is 1. The molecule has 10 heteroatoms. The van der Waals surface area contributed by atoms with Crippen LogP contribution in [0.25, 0.3) is 0 Å². The molecule has 0 unspecified atom stereocenters. The Kier molecular flexibility index (Phi) is 4.91. The predicted octanol–water partition coefficient (Wildman–Crippen LogP) is 2.20. The highest BCUT2D eigenvalue weighted by Gasteiger charge is 2.32. The highest BCUT2D eigenvalue weighted by molar-refractivity contribution is 6.23. The summed E-state index contributed by atoms with van der Waals surface area (Å²) in [5, 5.41) is 15.3. The van der Waals surface area contributed by atoms with Crippen molar-refractivity contribution in [1.82, 2.24) is 25.8 Å². The average Bonchev–Trinajstić information content (AvgIpc) is 3.35. The molecule has 1 aliphatic carbocycles. The molecule has 4 N–H and O–H groups in total. The molecular formula is C19H22N6O4. The molecule has 2 aliphatic rings. The number of nitrogens with one attached hydrogen (secondary N) is 4. The molecule has 1 aliphatic heterocycles. The first-order valence-electron chi connectivity index (χ1n) is 9.55. The molecule has 2 aromatic heterocycles. The van der Waals surface area contributed by atoms with E-state index in [1.807, 2.05) is 19.9 Å². The Morgan fingerprint density at radius 3 is 2.90 bits per heavy atom. The number of carbonyl (C=O) groups excluding carboxylic acids is 3. The zero-order valence-electron chi connectivity index (χ0n) is 16.1. The molecule has 0 spiro atoms. The second kappa shape index (κ2) is 7.53. The van der Waals surface area contributed by atoms with Crippen LogP contribution in [0.2, 0.25) is 0 Å². The number of hydrogen-bond acceptors (Lipinski definition) is 7. The summed E-state index contributed by atoms with van der Waals surface area (Å²) in [7, 11) is 0. The summed E-state index contributed by atoms with van der Waals surface area (Å²) in [6.07, 6.45) is 3.33. The summed E-state index contributed by atoms with van der Waals surface area (Å²) in [6, 6.07) is 3.52. The van der Waals surface area contributed by atoms with Crippen molar-refractivity contribution in [2.75, 3.05) is 5.32 Å². The predicted molar refractivity (Wildman–Crippen MR) is 103 cm³/mol. The highest BCUT2D eigenvalue weighted by atomic mass is 16.6. The minimum absolute atomic E-state index is 0.0351. The van der Waals surface area contributed by atoms with E-state index in [2.05, 4.69) is 31.1 Å². The number of amides is 3. The van der Waals surface area contributed by atoms with Gasteiger partial charge in [-0.2, -0.15) is 5.10 Å². The Balaban J connectivity index is 1.41. The fourth-order valence-electron chi connectivity index (χ4n) is 3.69. The summed E-state index contributed by atoms with van der Waals surface area (Å²) >= 11 is 0. The van der Waals surface area contributed by atoms with E-state index < -0.39 is 17.9 Å². The second-order valence-electron chi connectivity index (χ2n) is 7.54. The van der Waals surface area contributed by atoms with Crippen molar-refractivity contribution in [1.29, 1.82) is 0 Å². The first kappa shape index (κ1) is 18.9. The number of H-pyrrole nitrogens is 1. The number of aromatic amines is 1. The number of imide groups is 1. The Morgan fingerprint density at radius 2 is 2.10 bits per heavy atom. The average molecular weight is 398 g/mol. The van der Waals surface area contributed by atoms with Crippen LogP contribution in [0, 0.1) is 0 Å². The third kappa shape index (κ3) is 3.91. The number of fused-ring (bicyclic) bond motifs is 1. The van der Waals surface area contributed by atoms with Gasteiger partial charge in [-0.3, -0.25) is 25.0 Å². The summed E-state index contributed by atoms with van der Waals surface area (Å²) in [6.45, 7) is 3.77. The van der Waals surface area contributed by atoms with Crippen LogP contribution in [0.15, 0.2) is 18.3 Å². The van der Waals surface area contributed by atoms with Crippen LogP contribution in [0.5, 0.6) is 0 Å². The Morgan fingerprint density at radius 1 is 1.28 bits per heavy atom. The quantitative estimate of drug-likeness (QED) is 0.566. The van der Waals surface area contributed by atoms with Crippen molar-refractivity contribution in [3.05, 3.63) is 35.3 Å². The number of alkyl carbamates (subject to hydrolysis) is 1. The van der Waals surface area contributed by atoms with Crippen LogP contribution in [0.3, 0.4) is 0 Å². The monoisotopic (exact) mass is 398 g/mol. The smallest absolute Gasteiger partial charge is 0.407 e. The lowest BCUT2D eigenvalue weighted by Crippen LogP contribution is -2.33. The number of aromatic nitrogens is 3. The van der Waals surface area contributed by atoms with Crippen LogP contribution in [0.4, 0.5) is 16.3 Å². The summed E-state index contributed by atoms with van der Waals surface area (Å²) < 4.78 is 5.47. The van der Waals surface area contributed by atoms with E-state index in [-0.39, 0.29) is 29.3 Å². The highest BCUT2D eigenvalue weighted by Crippen LogP contribution is 2.36. The summed E-state index contributed by atoms with van der Waals surface area (Å²) in [5.74, 6) is -0.257. The molecule has 3 heterocycles. The fraction of sp³-hybridized carbons (Fsp3) is 0.421. The van der Waals surface area contributed by atoms with E-state index in [9.17, 15) is 14.4 Å². The van der Waals surface area contributed by atoms with Crippen LogP contribution in [-0.4, -0.2) is 45.2 Å². The van der Waals surface area contributed by atoms with Gasteiger partial charge in [-0.25, -0.2) is 4.79 Å². The number of rotatable bonds is 5. The molecule has 0 radical (unpaired) electrons. The van der Waals surface area contributed by atoms with Gasteiger partial charge in [0.15, 0.2) is 5.82 Å². The van der Waals surface area contributed by atoms with E-state index >= 15 is 0 Å². The molecular weight excluding hydrogens is 376 g/mol. The molecule has 1 saturated carbocycles. The molecule has 152 valence electrons. The number of anilines is 2. The first-order valence-corrected chi connectivity index (χ1v) is 9.55. The van der Waals surface area contributed by atoms with Gasteiger partial charge in [0.1, 0.15) is 11.8 Å². The Labute approximate surface area is 166 Å². The maximum absolute atomic E-state index is 12.0. The van der Waals surface area contributed by atoms with Gasteiger partial charge < -0.3 is 15.4 Å². The molecule has 2 atom stereocenters. The van der Waals surface area contributed by atoms with Gasteiger partial charge in [-0.1, -0.05) is 0 Å². The van der Waals surface area contributed by atoms with Crippen molar-refractivity contribution >= 4 is 29.4 Å². The van der Waals surface area contributed by atoms with E-state index in [1.165, 1.54) is 6.20 Å². The lowest BCUT2D eigenvalue weighted by molar-refractivity contribution is 0.0877. The zero-order valence-corrected chi connectivity index (χ0v) is 16.1. The summed E-state index contributed by atoms with van der Waals surface area (Å²) in [4.78, 5) is 39.5. The van der Waals surface area contributed by atoms with Crippen LogP contribution in [-0.2, 0) is 4.74 Å². The zero-order chi connectivity index (χ0) is 20.5. The molecule has 10 nitrogen and oxygen atoms in total. The van der Waals surface area contributed by atoms with Gasteiger partial charge >= 0.3 is 6.09 Å². The summed E-state index contributed by atoms with van der Waals surface area (Å²) in [5.41, 5.74) is 1.71. The van der Waals surface area contributed by atoms with Crippen molar-refractivity contribution in [3.8, 4) is 0 Å². The Bertz CT molecular complexity index is 969. The van der Waals surface area contributed by atoms with Crippen LogP contribution in [0.1, 0.15) is 65.6 Å². The third-order valence-electron chi connectivity index (χ3n) is 4.99. The lowest BCUT2D eigenvalue weighted by atomic mass is 10.0. The first-order chi connectivity index (χ1) is 13.9. The number of carbonyl (C=O) groups is 3. The third-order valence-corrected chi connectivity index (χ3v) is 4.99. The standard InChI is InChI=1S/C19H22N6O4/c1-9(2)21-19(28)29-11-4-3-10(7-11)13-8-14(25-24-13)22-12-5-6-20-16-15(12)17(26)23-18(16)27/h5-6,8-11H,3-4,7H2,1-2H3,(H,21,28)(H,23,26,27)(H2,20,22,24,25)/t10-,11+/m0/s1. The van der Waals surface area contributed by atoms with Gasteiger partial charge in [0.2, 0.25) is 0 Å². The van der Waals surface area contributed by atoms with E-state index in [1.54, 1.807) is 6.07 Å². The van der Waals surface area contributed by atoms with E-state index in [0.29, 0.717) is 17.9 Å². The molecule has 0 bridgehead atoms. The van der Waals surface area contributed by atoms with Gasteiger partial charge in [0.05, 0.1) is 11.3 Å². The molecule has 1 fully saturated rings. The molecule has 4 rings (SSSR count). The van der Waals surface area contributed by atoms with Crippen molar-refractivity contribution in [3.63, 3.8) is 0 Å². The van der Waals surface area contributed by atoms with Crippen molar-refractivity contribution in [2.24, 2.45) is 0 Å². The normalized spacial score (nSPS) is 20.5. The minimum atomic E-state index is -0.505. The van der Waals surface area contributed by atoms with E-state index in [0.717, 1.165) is 18.5 Å². The molecule has 0 aromatic carbocycles. The Hall–Kier alpha value is -3.43. The van der Waals surface area contributed by atoms with E-state index in [4.69, 9.17) is 4.74 Å². The fourth-order valence-corrected chi connectivity index (χ4v) is 3.69. The number of ether oxygens (including phenoxy) is 1. The molecule has 2 aromatic rings. The van der Waals surface area contributed by atoms with Crippen LogP contribution < -0.4 is 16.0 Å². The van der Waals surface area contributed by atoms with Gasteiger partial charge in [-0.15, -0.1) is 0 Å². The number of nitrogens with zero attached hydrogens (tertiary/aromatic N) is 2. The molecule has 3 amide bonds.